The summed E-state index contributed by atoms with van der Waals surface area (Å²) in [5.41, 5.74) is 1.07. The number of β-amino-alcohol motifs (C(OH)–C–C–N with tert-alkyl or cyclic N) is 1. The van der Waals surface area contributed by atoms with Gasteiger partial charge in [-0.1, -0.05) is 11.6 Å². The minimum Gasteiger partial charge on any atom is -0.508 e. The Kier molecular flexibility index (Phi) is 7.22. The molecule has 10 heteroatoms. The lowest BCUT2D eigenvalue weighted by Gasteiger charge is -2.39. The second kappa shape index (κ2) is 10.3. The van der Waals surface area contributed by atoms with Gasteiger partial charge in [-0.3, -0.25) is 4.79 Å². The number of ether oxygens (including phenoxy) is 2. The van der Waals surface area contributed by atoms with E-state index in [1.54, 1.807) is 0 Å². The number of aromatic hydroxyl groups is 1. The molecule has 0 saturated carbocycles. The van der Waals surface area contributed by atoms with Crippen LogP contribution in [0.25, 0.3) is 0 Å². The molecule has 3 heterocycles. The van der Waals surface area contributed by atoms with Crippen molar-refractivity contribution in [1.82, 2.24) is 9.80 Å². The molecule has 1 amide bonds. The Morgan fingerprint density at radius 2 is 1.81 bits per heavy atom. The van der Waals surface area contributed by atoms with Crippen LogP contribution in [-0.4, -0.2) is 82.9 Å². The average molecular weight is 537 g/mol. The molecule has 0 bridgehead atoms. The van der Waals surface area contributed by atoms with Crippen molar-refractivity contribution in [3.8, 4) is 17.2 Å². The minimum absolute atomic E-state index is 0.0486. The van der Waals surface area contributed by atoms with Gasteiger partial charge in [0.05, 0.1) is 5.56 Å². The summed E-state index contributed by atoms with van der Waals surface area (Å²) in [4.78, 5) is 16.5. The van der Waals surface area contributed by atoms with Gasteiger partial charge in [-0.15, -0.1) is 0 Å². The average Bonchev–Trinajstić information content (AvgIpc) is 3.21. The summed E-state index contributed by atoms with van der Waals surface area (Å²) in [6, 6.07) is 9.80. The predicted octanol–water partition coefficient (Wildman–Crippen LogP) is 4.13. The fraction of sp³-hybridized carbons (Fsp3) is 0.519. The summed E-state index contributed by atoms with van der Waals surface area (Å²) in [7, 11) is 0. The number of fused-ring (bicyclic) bond motifs is 1. The summed E-state index contributed by atoms with van der Waals surface area (Å²) in [6.45, 7) is 1.73. The minimum atomic E-state index is -2.76. The van der Waals surface area contributed by atoms with E-state index in [9.17, 15) is 23.8 Å². The summed E-state index contributed by atoms with van der Waals surface area (Å²) in [5, 5.41) is 21.3. The number of hydrogen-bond donors (Lipinski definition) is 2. The number of hydrogen-bond acceptors (Lipinski definition) is 6. The van der Waals surface area contributed by atoms with Crippen LogP contribution in [0, 0.1) is 0 Å². The number of carbonyl (C=O) groups is 1. The van der Waals surface area contributed by atoms with Gasteiger partial charge < -0.3 is 29.5 Å². The molecule has 2 saturated heterocycles. The predicted molar refractivity (Wildman–Crippen MR) is 134 cm³/mol. The first-order valence-corrected chi connectivity index (χ1v) is 13.0. The van der Waals surface area contributed by atoms with Crippen LogP contribution in [0.1, 0.15) is 41.6 Å². The third-order valence-corrected chi connectivity index (χ3v) is 7.74. The van der Waals surface area contributed by atoms with Crippen molar-refractivity contribution in [2.75, 3.05) is 39.3 Å². The first kappa shape index (κ1) is 26.0. The molecule has 0 aromatic heterocycles. The molecule has 3 aliphatic heterocycles. The number of likely N-dealkylation sites (tertiary alicyclic amines) is 2. The Bertz CT molecular complexity index is 1150. The van der Waals surface area contributed by atoms with Crippen molar-refractivity contribution >= 4 is 17.5 Å². The molecule has 2 fully saturated rings. The van der Waals surface area contributed by atoms with Gasteiger partial charge in [-0.2, -0.15) is 0 Å². The third-order valence-electron chi connectivity index (χ3n) is 7.51. The molecule has 0 radical (unpaired) electrons. The summed E-state index contributed by atoms with van der Waals surface area (Å²) in [6.07, 6.45) is 0.890. The van der Waals surface area contributed by atoms with E-state index in [0.29, 0.717) is 11.6 Å². The summed E-state index contributed by atoms with van der Waals surface area (Å²) < 4.78 is 39.0. The molecule has 7 nitrogen and oxygen atoms in total. The quantitative estimate of drug-likeness (QED) is 0.578. The van der Waals surface area contributed by atoms with E-state index in [-0.39, 0.29) is 55.2 Å². The van der Waals surface area contributed by atoms with Crippen LogP contribution in [0.15, 0.2) is 36.4 Å². The van der Waals surface area contributed by atoms with Crippen LogP contribution in [0.4, 0.5) is 8.78 Å². The molecule has 37 heavy (non-hydrogen) atoms. The number of phenols is 1. The van der Waals surface area contributed by atoms with Crippen molar-refractivity contribution in [1.29, 1.82) is 0 Å². The number of rotatable bonds is 6. The van der Waals surface area contributed by atoms with E-state index in [4.69, 9.17) is 21.1 Å². The van der Waals surface area contributed by atoms with Crippen LogP contribution in [0.2, 0.25) is 5.02 Å². The maximum atomic E-state index is 13.5. The molecule has 5 rings (SSSR count). The number of amides is 1. The fourth-order valence-corrected chi connectivity index (χ4v) is 5.57. The Balaban J connectivity index is 1.13. The smallest absolute Gasteiger partial charge is 0.257 e. The van der Waals surface area contributed by atoms with E-state index in [0.717, 1.165) is 43.7 Å². The Morgan fingerprint density at radius 1 is 1.08 bits per heavy atom. The number of carbonyl (C=O) groups excluding carboxylic acids is 1. The van der Waals surface area contributed by atoms with Gasteiger partial charge in [0, 0.05) is 75.9 Å². The number of halogens is 3. The number of nitrogens with zero attached hydrogens (tertiary/aromatic N) is 2. The number of aliphatic hydroxyl groups excluding tert-OH is 1. The second-order valence-electron chi connectivity index (χ2n) is 10.3. The highest BCUT2D eigenvalue weighted by Crippen LogP contribution is 2.42. The largest absolute Gasteiger partial charge is 0.508 e. The second-order valence-corrected chi connectivity index (χ2v) is 10.7. The van der Waals surface area contributed by atoms with E-state index in [1.165, 1.54) is 23.1 Å². The lowest BCUT2D eigenvalue weighted by Crippen LogP contribution is -2.49. The van der Waals surface area contributed by atoms with Gasteiger partial charge in [0.1, 0.15) is 35.6 Å². The molecule has 0 aliphatic carbocycles. The molecule has 2 N–H and O–H groups in total. The topological polar surface area (TPSA) is 82.5 Å². The highest BCUT2D eigenvalue weighted by Gasteiger charge is 2.42. The normalized spacial score (nSPS) is 21.4. The SMILES string of the molecule is O=C(c1ccc(O)cc1OC[C@@H](O)CN1CCC2(CC1)Cc1cc(Cl)ccc1O2)N1CCC(F)(F)CC1. The standard InChI is InChI=1S/C27H31ClF2N2O5/c28-19-1-4-23-18(13-19)15-26(37-23)5-9-31(10-6-26)16-21(34)17-36-24-14-20(33)2-3-22(24)25(35)32-11-7-27(29,30)8-12-32/h1-4,13-14,21,33-34H,5-12,15-17H2/t21-/m0/s1. The highest BCUT2D eigenvalue weighted by atomic mass is 35.5. The van der Waals surface area contributed by atoms with E-state index in [1.807, 2.05) is 18.2 Å². The molecule has 2 aromatic rings. The molecular formula is C27H31ClF2N2O5. The van der Waals surface area contributed by atoms with Crippen molar-refractivity contribution in [2.45, 2.75) is 49.7 Å². The molecule has 1 atom stereocenters. The highest BCUT2D eigenvalue weighted by molar-refractivity contribution is 6.30. The van der Waals surface area contributed by atoms with Crippen molar-refractivity contribution in [3.63, 3.8) is 0 Å². The first-order valence-electron chi connectivity index (χ1n) is 12.6. The maximum absolute atomic E-state index is 13.5. The van der Waals surface area contributed by atoms with E-state index < -0.39 is 17.9 Å². The van der Waals surface area contributed by atoms with Crippen LogP contribution in [-0.2, 0) is 6.42 Å². The zero-order valence-corrected chi connectivity index (χ0v) is 21.2. The van der Waals surface area contributed by atoms with Gasteiger partial charge >= 0.3 is 0 Å². The van der Waals surface area contributed by atoms with Gasteiger partial charge in [-0.05, 0) is 35.9 Å². The zero-order chi connectivity index (χ0) is 26.2. The van der Waals surface area contributed by atoms with Crippen LogP contribution < -0.4 is 9.47 Å². The van der Waals surface area contributed by atoms with Crippen LogP contribution >= 0.6 is 11.6 Å². The van der Waals surface area contributed by atoms with Gasteiger partial charge in [-0.25, -0.2) is 8.78 Å². The molecule has 1 spiro atoms. The Labute approximate surface area is 219 Å². The molecule has 3 aliphatic rings. The molecule has 2 aromatic carbocycles. The third kappa shape index (κ3) is 5.94. The lowest BCUT2D eigenvalue weighted by atomic mass is 9.87. The number of aliphatic hydroxyl groups is 1. The van der Waals surface area contributed by atoms with Gasteiger partial charge in [0.2, 0.25) is 0 Å². The van der Waals surface area contributed by atoms with Gasteiger partial charge in [0.15, 0.2) is 0 Å². The number of piperidine rings is 2. The van der Waals surface area contributed by atoms with E-state index >= 15 is 0 Å². The van der Waals surface area contributed by atoms with Crippen LogP contribution in [0.3, 0.4) is 0 Å². The molecular weight excluding hydrogens is 506 g/mol. The zero-order valence-electron chi connectivity index (χ0n) is 20.5. The van der Waals surface area contributed by atoms with Crippen molar-refractivity contribution in [2.24, 2.45) is 0 Å². The molecule has 200 valence electrons. The number of benzene rings is 2. The molecule has 0 unspecified atom stereocenters. The van der Waals surface area contributed by atoms with Crippen molar-refractivity contribution < 1.29 is 33.3 Å². The Hall–Kier alpha value is -2.62. The summed E-state index contributed by atoms with van der Waals surface area (Å²) in [5.74, 6) is -2.27. The van der Waals surface area contributed by atoms with E-state index in [2.05, 4.69) is 4.90 Å². The summed E-state index contributed by atoms with van der Waals surface area (Å²) >= 11 is 6.12. The van der Waals surface area contributed by atoms with Gasteiger partial charge in [0.25, 0.3) is 11.8 Å². The van der Waals surface area contributed by atoms with Crippen molar-refractivity contribution in [3.05, 3.63) is 52.5 Å². The lowest BCUT2D eigenvalue weighted by molar-refractivity contribution is -0.0494. The fourth-order valence-electron chi connectivity index (χ4n) is 5.38. The maximum Gasteiger partial charge on any atom is 0.257 e. The first-order chi connectivity index (χ1) is 17.6. The van der Waals surface area contributed by atoms with Crippen LogP contribution in [0.5, 0.6) is 17.2 Å². The number of alkyl halides is 2. The Morgan fingerprint density at radius 3 is 2.54 bits per heavy atom. The monoisotopic (exact) mass is 536 g/mol. The number of phenolic OH excluding ortho intramolecular Hbond substituents is 1.